The molecule has 0 aromatic heterocycles. The van der Waals surface area contributed by atoms with E-state index in [-0.39, 0.29) is 42.7 Å². The number of anilines is 1. The van der Waals surface area contributed by atoms with E-state index >= 15 is 0 Å². The van der Waals surface area contributed by atoms with Crippen LogP contribution >= 0.6 is 69.6 Å². The lowest BCUT2D eigenvalue weighted by molar-refractivity contribution is -0.151. The minimum atomic E-state index is -1.47. The highest BCUT2D eigenvalue weighted by Crippen LogP contribution is 2.45. The van der Waals surface area contributed by atoms with Crippen LogP contribution in [0.3, 0.4) is 0 Å². The van der Waals surface area contributed by atoms with Crippen LogP contribution in [-0.4, -0.2) is 41.2 Å². The van der Waals surface area contributed by atoms with Gasteiger partial charge in [-0.05, 0) is 23.8 Å². The molecular weight excluding hydrogens is 621 g/mol. The third kappa shape index (κ3) is 5.59. The first-order valence-corrected chi connectivity index (χ1v) is 13.0. The van der Waals surface area contributed by atoms with Gasteiger partial charge in [-0.3, -0.25) is 19.3 Å². The van der Waals surface area contributed by atoms with Crippen molar-refractivity contribution in [2.24, 2.45) is 0 Å². The molecule has 13 heteroatoms. The zero-order valence-electron chi connectivity index (χ0n) is 18.9. The highest BCUT2D eigenvalue weighted by Gasteiger charge is 2.47. The van der Waals surface area contributed by atoms with Crippen LogP contribution in [-0.2, 0) is 20.7 Å². The lowest BCUT2D eigenvalue weighted by Crippen LogP contribution is -2.47. The predicted molar refractivity (Wildman–Crippen MR) is 147 cm³/mol. The number of nitrogens with zero attached hydrogens (tertiary/aromatic N) is 1. The number of esters is 1. The first-order valence-electron chi connectivity index (χ1n) is 10.7. The Kier molecular flexibility index (Phi) is 8.77. The molecular formula is C25H14Cl6N2O5. The number of halogens is 6. The van der Waals surface area contributed by atoms with E-state index in [0.717, 1.165) is 0 Å². The number of amides is 3. The van der Waals surface area contributed by atoms with Crippen LogP contribution in [0.4, 0.5) is 5.69 Å². The Bertz CT molecular complexity index is 1430. The van der Waals surface area contributed by atoms with Gasteiger partial charge in [0.1, 0.15) is 6.04 Å². The molecule has 1 N–H and O–H groups in total. The van der Waals surface area contributed by atoms with Crippen molar-refractivity contribution in [2.75, 3.05) is 11.9 Å². The van der Waals surface area contributed by atoms with Gasteiger partial charge in [0.15, 0.2) is 6.61 Å². The molecule has 196 valence electrons. The smallest absolute Gasteiger partial charge is 0.330 e. The number of imide groups is 1. The molecule has 0 fully saturated rings. The molecule has 0 aliphatic carbocycles. The van der Waals surface area contributed by atoms with Crippen molar-refractivity contribution < 1.29 is 23.9 Å². The van der Waals surface area contributed by atoms with Gasteiger partial charge in [-0.1, -0.05) is 99.9 Å². The molecule has 0 saturated carbocycles. The quantitative estimate of drug-likeness (QED) is 0.131. The lowest BCUT2D eigenvalue weighted by atomic mass is 10.0. The van der Waals surface area contributed by atoms with Gasteiger partial charge in [-0.15, -0.1) is 0 Å². The normalized spacial score (nSPS) is 13.4. The predicted octanol–water partition coefficient (Wildman–Crippen LogP) is 7.00. The summed E-state index contributed by atoms with van der Waals surface area (Å²) in [5.74, 6) is -3.53. The number of ether oxygens (including phenoxy) is 1. The molecule has 0 saturated heterocycles. The number of carbonyl (C=O) groups is 4. The molecule has 7 nitrogen and oxygen atoms in total. The van der Waals surface area contributed by atoms with Crippen molar-refractivity contribution in [3.05, 3.63) is 95.4 Å². The van der Waals surface area contributed by atoms with E-state index < -0.39 is 36.3 Å². The van der Waals surface area contributed by atoms with E-state index in [4.69, 9.17) is 74.3 Å². The molecule has 1 atom stereocenters. The Hall–Kier alpha value is -2.52. The fourth-order valence-corrected chi connectivity index (χ4v) is 5.08. The van der Waals surface area contributed by atoms with Crippen LogP contribution in [0.15, 0.2) is 48.5 Å². The summed E-state index contributed by atoms with van der Waals surface area (Å²) in [5, 5.41) is 2.06. The Balaban J connectivity index is 1.60. The minimum Gasteiger partial charge on any atom is -0.454 e. The maximum atomic E-state index is 13.4. The molecule has 3 aromatic carbocycles. The second kappa shape index (κ2) is 11.7. The second-order valence-corrected chi connectivity index (χ2v) is 10.3. The fraction of sp³-hybridized carbons (Fsp3) is 0.120. The zero-order chi connectivity index (χ0) is 27.7. The van der Waals surface area contributed by atoms with Crippen LogP contribution in [0.2, 0.25) is 30.1 Å². The largest absolute Gasteiger partial charge is 0.454 e. The number of hydrogen-bond donors (Lipinski definition) is 1. The Labute approximate surface area is 246 Å². The van der Waals surface area contributed by atoms with Crippen LogP contribution in [0.5, 0.6) is 0 Å². The third-order valence-electron chi connectivity index (χ3n) is 5.54. The first kappa shape index (κ1) is 28.5. The van der Waals surface area contributed by atoms with Gasteiger partial charge in [0, 0.05) is 12.1 Å². The summed E-state index contributed by atoms with van der Waals surface area (Å²) < 4.78 is 5.21. The number of hydrogen-bond acceptors (Lipinski definition) is 5. The summed E-state index contributed by atoms with van der Waals surface area (Å²) in [6, 6.07) is 11.5. The standard InChI is InChI=1S/C25H14Cl6N2O5/c26-13-7-6-12(9-14(13)27)32-16(34)10-38-25(37)15(8-11-4-2-1-3-5-11)33-23(35)17-18(24(33)36)20(29)22(31)21(30)19(17)28/h1-7,9,15H,8,10H2,(H,32,34)/t15-/m1/s1. The minimum absolute atomic E-state index is 0.115. The molecule has 0 unspecified atom stereocenters. The summed E-state index contributed by atoms with van der Waals surface area (Å²) >= 11 is 36.4. The molecule has 38 heavy (non-hydrogen) atoms. The maximum Gasteiger partial charge on any atom is 0.330 e. The van der Waals surface area contributed by atoms with Crippen LogP contribution in [0, 0.1) is 0 Å². The molecule has 3 amide bonds. The van der Waals surface area contributed by atoms with Crippen molar-refractivity contribution in [3.63, 3.8) is 0 Å². The van der Waals surface area contributed by atoms with E-state index in [2.05, 4.69) is 5.32 Å². The van der Waals surface area contributed by atoms with E-state index in [1.807, 2.05) is 0 Å². The molecule has 3 aromatic rings. The number of fused-ring (bicyclic) bond motifs is 1. The van der Waals surface area contributed by atoms with Crippen molar-refractivity contribution in [1.82, 2.24) is 4.90 Å². The number of rotatable bonds is 7. The molecule has 0 radical (unpaired) electrons. The van der Waals surface area contributed by atoms with E-state index in [9.17, 15) is 19.2 Å². The Morgan fingerprint density at radius 3 is 1.92 bits per heavy atom. The molecule has 0 spiro atoms. The average Bonchev–Trinajstić information content (AvgIpc) is 3.15. The van der Waals surface area contributed by atoms with Crippen LogP contribution < -0.4 is 5.32 Å². The fourth-order valence-electron chi connectivity index (χ4n) is 3.77. The summed E-state index contributed by atoms with van der Waals surface area (Å²) in [7, 11) is 0. The monoisotopic (exact) mass is 632 g/mol. The highest BCUT2D eigenvalue weighted by atomic mass is 35.5. The second-order valence-electron chi connectivity index (χ2n) is 7.98. The van der Waals surface area contributed by atoms with Gasteiger partial charge in [-0.25, -0.2) is 4.79 Å². The molecule has 1 aliphatic heterocycles. The summed E-state index contributed by atoms with van der Waals surface area (Å²) in [5.41, 5.74) is 0.373. The Morgan fingerprint density at radius 1 is 0.789 bits per heavy atom. The Morgan fingerprint density at radius 2 is 1.37 bits per heavy atom. The highest BCUT2D eigenvalue weighted by molar-refractivity contribution is 6.55. The third-order valence-corrected chi connectivity index (χ3v) is 8.08. The van der Waals surface area contributed by atoms with Crippen molar-refractivity contribution in [1.29, 1.82) is 0 Å². The SMILES string of the molecule is O=C(COC(=O)[C@@H](Cc1ccccc1)N1C(=O)c2c(Cl)c(Cl)c(Cl)c(Cl)c2C1=O)Nc1ccc(Cl)c(Cl)c1. The lowest BCUT2D eigenvalue weighted by Gasteiger charge is -2.24. The van der Waals surface area contributed by atoms with Crippen molar-refractivity contribution in [3.8, 4) is 0 Å². The van der Waals surface area contributed by atoms with E-state index in [1.165, 1.54) is 18.2 Å². The number of nitrogens with one attached hydrogen (secondary N) is 1. The zero-order valence-corrected chi connectivity index (χ0v) is 23.4. The topological polar surface area (TPSA) is 92.8 Å². The van der Waals surface area contributed by atoms with Gasteiger partial charge in [0.2, 0.25) is 0 Å². The van der Waals surface area contributed by atoms with Crippen LogP contribution in [0.1, 0.15) is 26.3 Å². The first-order chi connectivity index (χ1) is 18.0. The van der Waals surface area contributed by atoms with Crippen molar-refractivity contribution >= 4 is 99.0 Å². The van der Waals surface area contributed by atoms with Gasteiger partial charge >= 0.3 is 5.97 Å². The number of carbonyl (C=O) groups excluding carboxylic acids is 4. The molecule has 1 aliphatic rings. The average molecular weight is 635 g/mol. The van der Waals surface area contributed by atoms with Crippen molar-refractivity contribution in [2.45, 2.75) is 12.5 Å². The van der Waals surface area contributed by atoms with E-state index in [1.54, 1.807) is 30.3 Å². The molecule has 4 rings (SSSR count). The van der Waals surface area contributed by atoms with E-state index in [0.29, 0.717) is 21.2 Å². The molecule has 0 bridgehead atoms. The van der Waals surface area contributed by atoms with Gasteiger partial charge < -0.3 is 10.1 Å². The molecule has 1 heterocycles. The number of benzene rings is 3. The summed E-state index contributed by atoms with van der Waals surface area (Å²) in [4.78, 5) is 53.1. The van der Waals surface area contributed by atoms with Gasteiger partial charge in [0.05, 0.1) is 41.3 Å². The maximum absolute atomic E-state index is 13.4. The van der Waals surface area contributed by atoms with Gasteiger partial charge in [-0.2, -0.15) is 0 Å². The summed E-state index contributed by atoms with van der Waals surface area (Å²) in [6.45, 7) is -0.716. The van der Waals surface area contributed by atoms with Gasteiger partial charge in [0.25, 0.3) is 17.7 Å². The van der Waals surface area contributed by atoms with Crippen LogP contribution in [0.25, 0.3) is 0 Å². The summed E-state index contributed by atoms with van der Waals surface area (Å²) in [6.07, 6.45) is -0.115.